The van der Waals surface area contributed by atoms with Gasteiger partial charge in [-0.1, -0.05) is 11.6 Å². The van der Waals surface area contributed by atoms with Crippen molar-refractivity contribution < 1.29 is 22.7 Å². The SMILES string of the molecule is COc1ccc(NC(=O)Cc2csc(Nc3ccc(Cl)c(C(F)(F)F)c3)n2)cc1. The predicted molar refractivity (Wildman–Crippen MR) is 107 cm³/mol. The van der Waals surface area contributed by atoms with Gasteiger partial charge >= 0.3 is 6.18 Å². The molecule has 0 spiro atoms. The number of hydrogen-bond acceptors (Lipinski definition) is 5. The van der Waals surface area contributed by atoms with Crippen LogP contribution in [0.5, 0.6) is 5.75 Å². The monoisotopic (exact) mass is 441 g/mol. The molecular formula is C19H15ClF3N3O2S. The number of ether oxygens (including phenoxy) is 1. The van der Waals surface area contributed by atoms with Gasteiger partial charge in [0.2, 0.25) is 5.91 Å². The van der Waals surface area contributed by atoms with Gasteiger partial charge in [0.25, 0.3) is 0 Å². The van der Waals surface area contributed by atoms with E-state index in [-0.39, 0.29) is 23.0 Å². The summed E-state index contributed by atoms with van der Waals surface area (Å²) in [5.74, 6) is 0.409. The lowest BCUT2D eigenvalue weighted by atomic mass is 10.2. The van der Waals surface area contributed by atoms with Crippen LogP contribution in [-0.2, 0) is 17.4 Å². The fraction of sp³-hybridized carbons (Fsp3) is 0.158. The summed E-state index contributed by atoms with van der Waals surface area (Å²) >= 11 is 6.80. The van der Waals surface area contributed by atoms with Crippen molar-refractivity contribution in [1.29, 1.82) is 0 Å². The van der Waals surface area contributed by atoms with E-state index in [9.17, 15) is 18.0 Å². The van der Waals surface area contributed by atoms with E-state index in [1.54, 1.807) is 36.8 Å². The maximum Gasteiger partial charge on any atom is 0.417 e. The molecule has 0 saturated carbocycles. The number of carbonyl (C=O) groups is 1. The number of amides is 1. The zero-order chi connectivity index (χ0) is 21.0. The molecule has 0 aliphatic rings. The molecule has 0 atom stereocenters. The Bertz CT molecular complexity index is 1010. The van der Waals surface area contributed by atoms with Crippen molar-refractivity contribution in [3.63, 3.8) is 0 Å². The Balaban J connectivity index is 1.62. The van der Waals surface area contributed by atoms with E-state index in [1.807, 2.05) is 0 Å². The molecule has 152 valence electrons. The number of benzene rings is 2. The summed E-state index contributed by atoms with van der Waals surface area (Å²) in [4.78, 5) is 16.4. The van der Waals surface area contributed by atoms with Crippen LogP contribution in [0.2, 0.25) is 5.02 Å². The highest BCUT2D eigenvalue weighted by molar-refractivity contribution is 7.13. The van der Waals surface area contributed by atoms with Crippen LogP contribution in [0.3, 0.4) is 0 Å². The number of nitrogens with one attached hydrogen (secondary N) is 2. The summed E-state index contributed by atoms with van der Waals surface area (Å²) in [6.07, 6.45) is -4.53. The van der Waals surface area contributed by atoms with Crippen LogP contribution in [-0.4, -0.2) is 18.0 Å². The average Bonchev–Trinajstić information content (AvgIpc) is 3.09. The molecule has 1 heterocycles. The molecule has 0 saturated heterocycles. The topological polar surface area (TPSA) is 63.2 Å². The summed E-state index contributed by atoms with van der Waals surface area (Å²) in [6.45, 7) is 0. The molecule has 2 N–H and O–H groups in total. The number of alkyl halides is 3. The van der Waals surface area contributed by atoms with Crippen LogP contribution in [0.4, 0.5) is 29.7 Å². The van der Waals surface area contributed by atoms with Crippen molar-refractivity contribution in [3.8, 4) is 5.75 Å². The molecule has 0 aliphatic heterocycles. The van der Waals surface area contributed by atoms with Crippen molar-refractivity contribution in [2.75, 3.05) is 17.7 Å². The van der Waals surface area contributed by atoms with Gasteiger partial charge < -0.3 is 15.4 Å². The Morgan fingerprint density at radius 1 is 1.17 bits per heavy atom. The lowest BCUT2D eigenvalue weighted by Crippen LogP contribution is -2.14. The number of carbonyl (C=O) groups excluding carboxylic acids is 1. The van der Waals surface area contributed by atoms with Crippen LogP contribution >= 0.6 is 22.9 Å². The first-order valence-corrected chi connectivity index (χ1v) is 9.52. The normalized spacial score (nSPS) is 11.2. The first kappa shape index (κ1) is 20.9. The summed E-state index contributed by atoms with van der Waals surface area (Å²) in [7, 11) is 1.55. The molecule has 1 aromatic heterocycles. The van der Waals surface area contributed by atoms with Crippen LogP contribution < -0.4 is 15.4 Å². The van der Waals surface area contributed by atoms with Crippen molar-refractivity contribution in [2.45, 2.75) is 12.6 Å². The maximum absolute atomic E-state index is 13.0. The number of rotatable bonds is 6. The first-order chi connectivity index (χ1) is 13.7. The van der Waals surface area contributed by atoms with E-state index in [2.05, 4.69) is 15.6 Å². The lowest BCUT2D eigenvalue weighted by Gasteiger charge is -2.11. The molecule has 0 bridgehead atoms. The number of methoxy groups -OCH3 is 1. The molecule has 0 fully saturated rings. The summed E-state index contributed by atoms with van der Waals surface area (Å²) in [6, 6.07) is 10.4. The Kier molecular flexibility index (Phi) is 6.29. The molecule has 3 aromatic rings. The van der Waals surface area contributed by atoms with E-state index in [0.717, 1.165) is 6.07 Å². The van der Waals surface area contributed by atoms with Gasteiger partial charge in [0.05, 0.1) is 29.8 Å². The largest absolute Gasteiger partial charge is 0.497 e. The van der Waals surface area contributed by atoms with Gasteiger partial charge in [0.15, 0.2) is 5.13 Å². The molecule has 0 aliphatic carbocycles. The van der Waals surface area contributed by atoms with Crippen LogP contribution in [0.15, 0.2) is 47.8 Å². The highest BCUT2D eigenvalue weighted by Gasteiger charge is 2.33. The zero-order valence-corrected chi connectivity index (χ0v) is 16.6. The van der Waals surface area contributed by atoms with E-state index in [4.69, 9.17) is 16.3 Å². The quantitative estimate of drug-likeness (QED) is 0.511. The molecule has 2 aromatic carbocycles. The number of thiazole rings is 1. The van der Waals surface area contributed by atoms with Gasteiger partial charge in [-0.05, 0) is 42.5 Å². The van der Waals surface area contributed by atoms with Crippen molar-refractivity contribution in [3.05, 3.63) is 64.1 Å². The van der Waals surface area contributed by atoms with E-state index in [0.29, 0.717) is 22.3 Å². The van der Waals surface area contributed by atoms with Crippen molar-refractivity contribution in [2.24, 2.45) is 0 Å². The Morgan fingerprint density at radius 2 is 1.86 bits per heavy atom. The molecule has 0 unspecified atom stereocenters. The average molecular weight is 442 g/mol. The van der Waals surface area contributed by atoms with Crippen molar-refractivity contribution in [1.82, 2.24) is 4.98 Å². The molecule has 29 heavy (non-hydrogen) atoms. The molecule has 0 radical (unpaired) electrons. The minimum Gasteiger partial charge on any atom is -0.497 e. The standard InChI is InChI=1S/C19H15ClF3N3O2S/c1-28-14-5-2-11(3-6-14)24-17(27)9-13-10-29-18(26-13)25-12-4-7-16(20)15(8-12)19(21,22)23/h2-8,10H,9H2,1H3,(H,24,27)(H,25,26). The summed E-state index contributed by atoms with van der Waals surface area (Å²) < 4.78 is 43.9. The Hall–Kier alpha value is -2.78. The third-order valence-electron chi connectivity index (χ3n) is 3.79. The van der Waals surface area contributed by atoms with Gasteiger partial charge in [0.1, 0.15) is 5.75 Å². The second-order valence-electron chi connectivity index (χ2n) is 5.91. The smallest absolute Gasteiger partial charge is 0.417 e. The Labute approximate surface area is 173 Å². The second-order valence-corrected chi connectivity index (χ2v) is 7.18. The predicted octanol–water partition coefficient (Wildman–Crippen LogP) is 5.75. The van der Waals surface area contributed by atoms with Gasteiger partial charge in [-0.25, -0.2) is 4.98 Å². The fourth-order valence-electron chi connectivity index (χ4n) is 2.43. The fourth-order valence-corrected chi connectivity index (χ4v) is 3.39. The Morgan fingerprint density at radius 3 is 2.52 bits per heavy atom. The van der Waals surface area contributed by atoms with Gasteiger partial charge in [-0.3, -0.25) is 4.79 Å². The van der Waals surface area contributed by atoms with Gasteiger partial charge in [-0.15, -0.1) is 11.3 Å². The molecule has 1 amide bonds. The number of anilines is 3. The molecule has 3 rings (SSSR count). The summed E-state index contributed by atoms with van der Waals surface area (Å²) in [5, 5.41) is 7.20. The zero-order valence-electron chi connectivity index (χ0n) is 15.0. The highest BCUT2D eigenvalue weighted by atomic mass is 35.5. The summed E-state index contributed by atoms with van der Waals surface area (Å²) in [5.41, 5.74) is 0.379. The highest BCUT2D eigenvalue weighted by Crippen LogP contribution is 2.37. The van der Waals surface area contributed by atoms with Crippen LogP contribution in [0.25, 0.3) is 0 Å². The minimum atomic E-state index is -4.55. The molecular weight excluding hydrogens is 427 g/mol. The van der Waals surface area contributed by atoms with E-state index >= 15 is 0 Å². The van der Waals surface area contributed by atoms with Gasteiger partial charge in [-0.2, -0.15) is 13.2 Å². The van der Waals surface area contributed by atoms with Crippen LogP contribution in [0.1, 0.15) is 11.3 Å². The lowest BCUT2D eigenvalue weighted by molar-refractivity contribution is -0.137. The number of nitrogens with zero attached hydrogens (tertiary/aromatic N) is 1. The molecule has 10 heteroatoms. The number of halogens is 4. The minimum absolute atomic E-state index is 0.0264. The third kappa shape index (κ3) is 5.61. The van der Waals surface area contributed by atoms with Gasteiger partial charge in [0, 0.05) is 16.8 Å². The van der Waals surface area contributed by atoms with E-state index < -0.39 is 11.7 Å². The molecule has 5 nitrogen and oxygen atoms in total. The van der Waals surface area contributed by atoms with E-state index in [1.165, 1.54) is 23.5 Å². The van der Waals surface area contributed by atoms with Crippen LogP contribution in [0, 0.1) is 0 Å². The second kappa shape index (κ2) is 8.71. The third-order valence-corrected chi connectivity index (χ3v) is 4.93. The number of hydrogen-bond donors (Lipinski definition) is 2. The number of aromatic nitrogens is 1. The van der Waals surface area contributed by atoms with Crippen molar-refractivity contribution >= 4 is 45.4 Å². The maximum atomic E-state index is 13.0. The first-order valence-electron chi connectivity index (χ1n) is 8.26.